The second-order valence-electron chi connectivity index (χ2n) is 4.55. The largest absolute Gasteiger partial charge is 0.480 e. The Bertz CT molecular complexity index is 376. The van der Waals surface area contributed by atoms with Gasteiger partial charge in [-0.1, -0.05) is 13.8 Å². The van der Waals surface area contributed by atoms with Crippen LogP contribution >= 0.6 is 15.9 Å². The average Bonchev–Trinajstić information content (AvgIpc) is 2.63. The van der Waals surface area contributed by atoms with E-state index in [0.29, 0.717) is 17.0 Å². The van der Waals surface area contributed by atoms with Crippen molar-refractivity contribution in [3.63, 3.8) is 0 Å². The van der Waals surface area contributed by atoms with E-state index in [1.807, 2.05) is 26.8 Å². The van der Waals surface area contributed by atoms with Crippen molar-refractivity contribution in [3.05, 3.63) is 22.6 Å². The number of furan rings is 1. The van der Waals surface area contributed by atoms with Crippen molar-refractivity contribution >= 4 is 21.9 Å². The van der Waals surface area contributed by atoms with Crippen LogP contribution in [0, 0.1) is 5.92 Å². The first-order valence-corrected chi connectivity index (χ1v) is 6.43. The van der Waals surface area contributed by atoms with E-state index in [2.05, 4.69) is 21.2 Å². The van der Waals surface area contributed by atoms with Crippen LogP contribution in [0.4, 0.5) is 0 Å². The first kappa shape index (κ1) is 14.3. The summed E-state index contributed by atoms with van der Waals surface area (Å²) in [4.78, 5) is 11.1. The minimum absolute atomic E-state index is 0.124. The molecule has 0 aliphatic rings. The maximum Gasteiger partial charge on any atom is 0.320 e. The van der Waals surface area contributed by atoms with Crippen LogP contribution in [0.1, 0.15) is 39.0 Å². The molecule has 1 rings (SSSR count). The van der Waals surface area contributed by atoms with Gasteiger partial charge in [-0.05, 0) is 47.3 Å². The summed E-state index contributed by atoms with van der Waals surface area (Å²) < 4.78 is 6.04. The number of hydrogen-bond donors (Lipinski definition) is 2. The van der Waals surface area contributed by atoms with Crippen molar-refractivity contribution < 1.29 is 14.3 Å². The van der Waals surface area contributed by atoms with Gasteiger partial charge in [-0.3, -0.25) is 10.1 Å². The minimum Gasteiger partial charge on any atom is -0.480 e. The van der Waals surface area contributed by atoms with Crippen LogP contribution in [0.15, 0.2) is 21.2 Å². The highest BCUT2D eigenvalue weighted by Gasteiger charge is 2.22. The molecule has 0 radical (unpaired) electrons. The van der Waals surface area contributed by atoms with E-state index in [9.17, 15) is 4.79 Å². The molecule has 17 heavy (non-hydrogen) atoms. The Kier molecular flexibility index (Phi) is 5.21. The molecule has 1 aromatic heterocycles. The Morgan fingerprint density at radius 2 is 2.12 bits per heavy atom. The first-order chi connectivity index (χ1) is 7.90. The first-order valence-electron chi connectivity index (χ1n) is 5.64. The van der Waals surface area contributed by atoms with Gasteiger partial charge < -0.3 is 9.52 Å². The van der Waals surface area contributed by atoms with Crippen molar-refractivity contribution in [2.45, 2.75) is 39.3 Å². The molecule has 0 spiro atoms. The number of halogens is 1. The van der Waals surface area contributed by atoms with Crippen molar-refractivity contribution in [1.82, 2.24) is 5.32 Å². The minimum atomic E-state index is -0.823. The number of carboxylic acid groups (broad SMARTS) is 1. The van der Waals surface area contributed by atoms with Gasteiger partial charge in [0.2, 0.25) is 0 Å². The molecule has 0 fully saturated rings. The molecule has 0 aliphatic heterocycles. The molecule has 5 heteroatoms. The summed E-state index contributed by atoms with van der Waals surface area (Å²) in [6, 6.07) is 2.96. The van der Waals surface area contributed by atoms with E-state index in [-0.39, 0.29) is 6.04 Å². The smallest absolute Gasteiger partial charge is 0.320 e. The summed E-state index contributed by atoms with van der Waals surface area (Å²) in [5.74, 6) is 0.238. The lowest BCUT2D eigenvalue weighted by atomic mass is 10.0. The highest BCUT2D eigenvalue weighted by molar-refractivity contribution is 9.10. The van der Waals surface area contributed by atoms with Crippen molar-refractivity contribution in [3.8, 4) is 0 Å². The molecule has 4 nitrogen and oxygen atoms in total. The molecule has 96 valence electrons. The lowest BCUT2D eigenvalue weighted by molar-refractivity contribution is -0.140. The van der Waals surface area contributed by atoms with Crippen LogP contribution in [-0.2, 0) is 4.79 Å². The molecule has 1 aromatic rings. The van der Waals surface area contributed by atoms with Gasteiger partial charge in [-0.15, -0.1) is 0 Å². The third-order valence-electron chi connectivity index (χ3n) is 2.48. The van der Waals surface area contributed by atoms with E-state index >= 15 is 0 Å². The third-order valence-corrected chi connectivity index (χ3v) is 2.90. The lowest BCUT2D eigenvalue weighted by Crippen LogP contribution is -2.39. The predicted molar refractivity (Wildman–Crippen MR) is 68.8 cm³/mol. The van der Waals surface area contributed by atoms with E-state index in [1.165, 1.54) is 0 Å². The summed E-state index contributed by atoms with van der Waals surface area (Å²) in [6.07, 6.45) is 0.599. The Morgan fingerprint density at radius 1 is 1.47 bits per heavy atom. The van der Waals surface area contributed by atoms with Crippen LogP contribution in [0.25, 0.3) is 0 Å². The Labute approximate surface area is 110 Å². The van der Waals surface area contributed by atoms with Crippen LogP contribution < -0.4 is 5.32 Å². The zero-order valence-electron chi connectivity index (χ0n) is 10.2. The highest BCUT2D eigenvalue weighted by atomic mass is 79.9. The average molecular weight is 304 g/mol. The lowest BCUT2D eigenvalue weighted by Gasteiger charge is -2.20. The number of carboxylic acids is 1. The molecule has 0 bridgehead atoms. The Morgan fingerprint density at radius 3 is 2.53 bits per heavy atom. The number of carbonyl (C=O) groups is 1. The molecule has 2 N–H and O–H groups in total. The van der Waals surface area contributed by atoms with Crippen molar-refractivity contribution in [2.75, 3.05) is 0 Å². The van der Waals surface area contributed by atoms with Gasteiger partial charge in [0.1, 0.15) is 11.8 Å². The fourth-order valence-corrected chi connectivity index (χ4v) is 1.98. The quantitative estimate of drug-likeness (QED) is 0.847. The molecule has 2 unspecified atom stereocenters. The van der Waals surface area contributed by atoms with Gasteiger partial charge >= 0.3 is 5.97 Å². The van der Waals surface area contributed by atoms with E-state index in [1.54, 1.807) is 6.07 Å². The van der Waals surface area contributed by atoms with Crippen LogP contribution in [0.3, 0.4) is 0 Å². The van der Waals surface area contributed by atoms with Crippen LogP contribution in [0.5, 0.6) is 0 Å². The molecule has 2 atom stereocenters. The molecule has 0 saturated carbocycles. The molecule has 0 aromatic carbocycles. The number of nitrogens with one attached hydrogen (secondary N) is 1. The van der Waals surface area contributed by atoms with Crippen molar-refractivity contribution in [1.29, 1.82) is 0 Å². The van der Waals surface area contributed by atoms with E-state index in [4.69, 9.17) is 9.52 Å². The fraction of sp³-hybridized carbons (Fsp3) is 0.583. The number of rotatable bonds is 6. The van der Waals surface area contributed by atoms with Gasteiger partial charge in [-0.25, -0.2) is 0 Å². The monoisotopic (exact) mass is 303 g/mol. The van der Waals surface area contributed by atoms with Gasteiger partial charge in [0.15, 0.2) is 4.67 Å². The van der Waals surface area contributed by atoms with Crippen molar-refractivity contribution in [2.24, 2.45) is 5.92 Å². The number of aliphatic carboxylic acids is 1. The van der Waals surface area contributed by atoms with Crippen LogP contribution in [-0.4, -0.2) is 17.1 Å². The molecule has 0 saturated heterocycles. The standard InChI is InChI=1S/C12H18BrNO3/c1-7(2)6-9(12(15)16)14-8(3)10-4-5-11(13)17-10/h4-5,7-9,14H,6H2,1-3H3,(H,15,16). The molecular formula is C12H18BrNO3. The normalized spacial score (nSPS) is 14.9. The third kappa shape index (κ3) is 4.52. The van der Waals surface area contributed by atoms with E-state index < -0.39 is 12.0 Å². The molecule has 1 heterocycles. The zero-order chi connectivity index (χ0) is 13.0. The summed E-state index contributed by atoms with van der Waals surface area (Å²) >= 11 is 3.23. The van der Waals surface area contributed by atoms with Gasteiger partial charge in [0.25, 0.3) is 0 Å². The summed E-state index contributed by atoms with van der Waals surface area (Å²) in [5.41, 5.74) is 0. The summed E-state index contributed by atoms with van der Waals surface area (Å²) in [6.45, 7) is 5.90. The molecule has 0 amide bonds. The zero-order valence-corrected chi connectivity index (χ0v) is 11.8. The Balaban J connectivity index is 2.63. The van der Waals surface area contributed by atoms with Gasteiger partial charge in [-0.2, -0.15) is 0 Å². The second kappa shape index (κ2) is 6.21. The summed E-state index contributed by atoms with van der Waals surface area (Å²) in [5, 5.41) is 12.2. The van der Waals surface area contributed by atoms with Gasteiger partial charge in [0.05, 0.1) is 6.04 Å². The SMILES string of the molecule is CC(C)CC(NC(C)c1ccc(Br)o1)C(=O)O. The predicted octanol–water partition coefficient (Wildman–Crippen LogP) is 3.19. The molecule has 0 aliphatic carbocycles. The number of hydrogen-bond acceptors (Lipinski definition) is 3. The highest BCUT2D eigenvalue weighted by Crippen LogP contribution is 2.21. The maximum atomic E-state index is 11.1. The topological polar surface area (TPSA) is 62.5 Å². The summed E-state index contributed by atoms with van der Waals surface area (Å²) in [7, 11) is 0. The fourth-order valence-electron chi connectivity index (χ4n) is 1.66. The Hall–Kier alpha value is -0.810. The van der Waals surface area contributed by atoms with E-state index in [0.717, 1.165) is 5.76 Å². The maximum absolute atomic E-state index is 11.1. The second-order valence-corrected chi connectivity index (χ2v) is 5.33. The molecular weight excluding hydrogens is 286 g/mol. The van der Waals surface area contributed by atoms with Crippen LogP contribution in [0.2, 0.25) is 0 Å². The van der Waals surface area contributed by atoms with Gasteiger partial charge in [0, 0.05) is 0 Å².